The number of amides is 1. The number of hydrogen-bond acceptors (Lipinski definition) is 2. The molecule has 1 atom stereocenters. The number of alkyl halides is 3. The minimum absolute atomic E-state index is 0.00217. The van der Waals surface area contributed by atoms with Crippen LogP contribution in [0.5, 0.6) is 5.75 Å². The Morgan fingerprint density at radius 2 is 1.83 bits per heavy atom. The van der Waals surface area contributed by atoms with Crippen molar-refractivity contribution in [3.05, 3.63) is 65.7 Å². The lowest BCUT2D eigenvalue weighted by molar-refractivity contribution is -0.137. The molecule has 0 aliphatic rings. The van der Waals surface area contributed by atoms with Gasteiger partial charge in [-0.05, 0) is 30.7 Å². The first-order valence-corrected chi connectivity index (χ1v) is 7.00. The van der Waals surface area contributed by atoms with E-state index in [1.54, 1.807) is 0 Å². The van der Waals surface area contributed by atoms with Gasteiger partial charge in [0, 0.05) is 0 Å². The first-order valence-electron chi connectivity index (χ1n) is 7.00. The molecule has 3 nitrogen and oxygen atoms in total. The average molecular weight is 323 g/mol. The highest BCUT2D eigenvalue weighted by atomic mass is 19.4. The molecule has 122 valence electrons. The highest BCUT2D eigenvalue weighted by Gasteiger charge is 2.30. The molecular weight excluding hydrogens is 307 g/mol. The van der Waals surface area contributed by atoms with Crippen LogP contribution in [0.1, 0.15) is 24.1 Å². The summed E-state index contributed by atoms with van der Waals surface area (Å²) >= 11 is 0. The highest BCUT2D eigenvalue weighted by Crippen LogP contribution is 2.31. The maximum atomic E-state index is 12.6. The van der Waals surface area contributed by atoms with Gasteiger partial charge >= 0.3 is 6.18 Å². The van der Waals surface area contributed by atoms with Crippen LogP contribution in [0.3, 0.4) is 0 Å². The Kier molecular flexibility index (Phi) is 5.26. The molecule has 0 radical (unpaired) electrons. The van der Waals surface area contributed by atoms with E-state index in [0.717, 1.165) is 17.7 Å². The molecule has 0 aliphatic heterocycles. The zero-order chi connectivity index (χ0) is 16.9. The molecule has 0 spiro atoms. The summed E-state index contributed by atoms with van der Waals surface area (Å²) in [5.41, 5.74) is 0.119. The van der Waals surface area contributed by atoms with Gasteiger partial charge in [0.05, 0.1) is 11.6 Å². The largest absolute Gasteiger partial charge is 0.484 e. The van der Waals surface area contributed by atoms with Crippen molar-refractivity contribution in [2.24, 2.45) is 0 Å². The van der Waals surface area contributed by atoms with Gasteiger partial charge < -0.3 is 10.1 Å². The van der Waals surface area contributed by atoms with Crippen LogP contribution >= 0.6 is 0 Å². The smallest absolute Gasteiger partial charge is 0.416 e. The zero-order valence-corrected chi connectivity index (χ0v) is 12.4. The number of rotatable bonds is 5. The highest BCUT2D eigenvalue weighted by molar-refractivity contribution is 5.78. The molecule has 0 aliphatic carbocycles. The van der Waals surface area contributed by atoms with Gasteiger partial charge in [-0.1, -0.05) is 36.4 Å². The number of carbonyl (C=O) groups is 1. The standard InChI is InChI=1S/C17H16F3NO2/c1-12(13-6-3-2-4-7-13)21-16(22)11-23-15-9-5-8-14(10-15)17(18,19)20/h2-10,12H,11H2,1H3,(H,21,22). The van der Waals surface area contributed by atoms with E-state index in [9.17, 15) is 18.0 Å². The molecule has 6 heteroatoms. The first-order chi connectivity index (χ1) is 10.9. The van der Waals surface area contributed by atoms with Gasteiger partial charge in [0.2, 0.25) is 0 Å². The lowest BCUT2D eigenvalue weighted by Crippen LogP contribution is -2.31. The third-order valence-corrected chi connectivity index (χ3v) is 3.21. The van der Waals surface area contributed by atoms with Gasteiger partial charge in [0.25, 0.3) is 5.91 Å². The molecule has 0 bridgehead atoms. The minimum Gasteiger partial charge on any atom is -0.484 e. The average Bonchev–Trinajstić information content (AvgIpc) is 2.53. The van der Waals surface area contributed by atoms with Crippen molar-refractivity contribution in [2.75, 3.05) is 6.61 Å². The van der Waals surface area contributed by atoms with Crippen LogP contribution < -0.4 is 10.1 Å². The number of carbonyl (C=O) groups excluding carboxylic acids is 1. The van der Waals surface area contributed by atoms with Gasteiger partial charge in [-0.2, -0.15) is 13.2 Å². The van der Waals surface area contributed by atoms with E-state index in [1.165, 1.54) is 12.1 Å². The molecule has 23 heavy (non-hydrogen) atoms. The van der Waals surface area contributed by atoms with Crippen LogP contribution in [0.2, 0.25) is 0 Å². The van der Waals surface area contributed by atoms with Crippen LogP contribution in [0.15, 0.2) is 54.6 Å². The van der Waals surface area contributed by atoms with Gasteiger partial charge in [0.15, 0.2) is 6.61 Å². The van der Waals surface area contributed by atoms with Crippen LogP contribution in [-0.4, -0.2) is 12.5 Å². The molecule has 2 aromatic rings. The summed E-state index contributed by atoms with van der Waals surface area (Å²) in [5, 5.41) is 2.73. The summed E-state index contributed by atoms with van der Waals surface area (Å²) in [6.07, 6.45) is -4.44. The topological polar surface area (TPSA) is 38.3 Å². The Morgan fingerprint density at radius 1 is 1.13 bits per heavy atom. The van der Waals surface area contributed by atoms with Crippen LogP contribution in [0.4, 0.5) is 13.2 Å². The van der Waals surface area contributed by atoms with Crippen molar-refractivity contribution in [2.45, 2.75) is 19.1 Å². The second kappa shape index (κ2) is 7.17. The molecule has 2 rings (SSSR count). The van der Waals surface area contributed by atoms with Crippen molar-refractivity contribution >= 4 is 5.91 Å². The number of hydrogen-bond donors (Lipinski definition) is 1. The molecule has 0 fully saturated rings. The molecule has 1 unspecified atom stereocenters. The van der Waals surface area contributed by atoms with Crippen molar-refractivity contribution in [3.8, 4) is 5.75 Å². The fourth-order valence-electron chi connectivity index (χ4n) is 2.02. The Hall–Kier alpha value is -2.50. The molecule has 2 aromatic carbocycles. The van der Waals surface area contributed by atoms with Crippen molar-refractivity contribution in [1.29, 1.82) is 0 Å². The molecule has 0 heterocycles. The molecule has 0 saturated heterocycles. The predicted molar refractivity (Wildman–Crippen MR) is 79.9 cm³/mol. The number of ether oxygens (including phenoxy) is 1. The SMILES string of the molecule is CC(NC(=O)COc1cccc(C(F)(F)F)c1)c1ccccc1. The van der Waals surface area contributed by atoms with Crippen molar-refractivity contribution in [1.82, 2.24) is 5.32 Å². The normalized spacial score (nSPS) is 12.5. The first kappa shape index (κ1) is 16.9. The van der Waals surface area contributed by atoms with Crippen LogP contribution in [0, 0.1) is 0 Å². The Morgan fingerprint density at radius 3 is 2.48 bits per heavy atom. The summed E-state index contributed by atoms with van der Waals surface area (Å²) in [4.78, 5) is 11.8. The molecule has 0 saturated carbocycles. The molecule has 1 amide bonds. The summed E-state index contributed by atoms with van der Waals surface area (Å²) in [6, 6.07) is 13.6. The summed E-state index contributed by atoms with van der Waals surface area (Å²) in [7, 11) is 0. The van der Waals surface area contributed by atoms with Gasteiger partial charge in [-0.3, -0.25) is 4.79 Å². The van der Waals surface area contributed by atoms with Gasteiger partial charge in [0.1, 0.15) is 5.75 Å². The van der Waals surface area contributed by atoms with E-state index < -0.39 is 17.6 Å². The van der Waals surface area contributed by atoms with Crippen molar-refractivity contribution < 1.29 is 22.7 Å². The molecule has 1 N–H and O–H groups in total. The Labute approximate surface area is 132 Å². The third-order valence-electron chi connectivity index (χ3n) is 3.21. The van der Waals surface area contributed by atoms with E-state index in [4.69, 9.17) is 4.74 Å². The van der Waals surface area contributed by atoms with Gasteiger partial charge in [-0.15, -0.1) is 0 Å². The third kappa shape index (κ3) is 5.02. The van der Waals surface area contributed by atoms with E-state index in [0.29, 0.717) is 0 Å². The fourth-order valence-corrected chi connectivity index (χ4v) is 2.02. The number of benzene rings is 2. The predicted octanol–water partition coefficient (Wildman–Crippen LogP) is 3.96. The van der Waals surface area contributed by atoms with E-state index in [2.05, 4.69) is 5.32 Å². The monoisotopic (exact) mass is 323 g/mol. The fraction of sp³-hybridized carbons (Fsp3) is 0.235. The minimum atomic E-state index is -4.44. The van der Waals surface area contributed by atoms with E-state index in [1.807, 2.05) is 37.3 Å². The van der Waals surface area contributed by atoms with Gasteiger partial charge in [-0.25, -0.2) is 0 Å². The van der Waals surface area contributed by atoms with Crippen LogP contribution in [0.25, 0.3) is 0 Å². The maximum absolute atomic E-state index is 12.6. The summed E-state index contributed by atoms with van der Waals surface area (Å²) in [5.74, 6) is -0.402. The van der Waals surface area contributed by atoms with Crippen molar-refractivity contribution in [3.63, 3.8) is 0 Å². The Bertz CT molecular complexity index is 656. The lowest BCUT2D eigenvalue weighted by atomic mass is 10.1. The maximum Gasteiger partial charge on any atom is 0.416 e. The van der Waals surface area contributed by atoms with E-state index >= 15 is 0 Å². The summed E-state index contributed by atoms with van der Waals surface area (Å²) in [6.45, 7) is 1.47. The summed E-state index contributed by atoms with van der Waals surface area (Å²) < 4.78 is 42.9. The van der Waals surface area contributed by atoms with Crippen LogP contribution in [-0.2, 0) is 11.0 Å². The lowest BCUT2D eigenvalue weighted by Gasteiger charge is -2.15. The Balaban J connectivity index is 1.90. The quantitative estimate of drug-likeness (QED) is 0.904. The zero-order valence-electron chi connectivity index (χ0n) is 12.4. The number of nitrogens with one attached hydrogen (secondary N) is 1. The number of halogens is 3. The van der Waals surface area contributed by atoms with E-state index in [-0.39, 0.29) is 18.4 Å². The molecule has 0 aromatic heterocycles. The second-order valence-corrected chi connectivity index (χ2v) is 5.01. The second-order valence-electron chi connectivity index (χ2n) is 5.01. The molecular formula is C17H16F3NO2.